The number of carbonyl (C=O) groups is 1. The van der Waals surface area contributed by atoms with Crippen molar-refractivity contribution in [3.05, 3.63) is 28.2 Å². The lowest BCUT2D eigenvalue weighted by Gasteiger charge is -2.17. The number of pyridine rings is 1. The summed E-state index contributed by atoms with van der Waals surface area (Å²) in [5, 5.41) is 0.747. The van der Waals surface area contributed by atoms with Gasteiger partial charge in [-0.15, -0.1) is 0 Å². The molecule has 1 unspecified atom stereocenters. The molecule has 1 aliphatic rings. The molecule has 0 spiro atoms. The highest BCUT2D eigenvalue weighted by molar-refractivity contribution is 7.84. The molecule has 8 heteroatoms. The van der Waals surface area contributed by atoms with Gasteiger partial charge < -0.3 is 4.74 Å². The van der Waals surface area contributed by atoms with E-state index in [4.69, 9.17) is 4.74 Å². The van der Waals surface area contributed by atoms with Crippen LogP contribution >= 0.6 is 0 Å². The molecule has 1 saturated carbocycles. The van der Waals surface area contributed by atoms with E-state index in [0.717, 1.165) is 25.7 Å². The van der Waals surface area contributed by atoms with E-state index in [9.17, 15) is 13.8 Å². The van der Waals surface area contributed by atoms with Crippen molar-refractivity contribution in [1.82, 2.24) is 14.5 Å². The van der Waals surface area contributed by atoms with Crippen LogP contribution in [-0.2, 0) is 15.5 Å². The molecule has 0 saturated heterocycles. The topological polar surface area (TPSA) is 91.2 Å². The molecule has 7 nitrogen and oxygen atoms in total. The standard InChI is InChI=1S/C16H19N3O4S/c1-3-23-15(21)12-8-10-9-17-16(24(2)22)18-13(10)19(14(12)20)11-6-4-5-7-11/h8-9,11H,3-7H2,1-2H3. The summed E-state index contributed by atoms with van der Waals surface area (Å²) in [7, 11) is -1.35. The van der Waals surface area contributed by atoms with Crippen LogP contribution in [0.2, 0.25) is 0 Å². The van der Waals surface area contributed by atoms with Crippen LogP contribution in [0.4, 0.5) is 0 Å². The number of carbonyl (C=O) groups excluding carboxylic acids is 1. The third kappa shape index (κ3) is 2.98. The average Bonchev–Trinajstić information content (AvgIpc) is 3.07. The maximum Gasteiger partial charge on any atom is 0.343 e. The Labute approximate surface area is 141 Å². The quantitative estimate of drug-likeness (QED) is 0.618. The van der Waals surface area contributed by atoms with Gasteiger partial charge in [0.05, 0.1) is 17.4 Å². The van der Waals surface area contributed by atoms with E-state index in [1.54, 1.807) is 11.5 Å². The molecule has 0 amide bonds. The number of hydrogen-bond acceptors (Lipinski definition) is 6. The maximum absolute atomic E-state index is 12.9. The number of esters is 1. The molecule has 2 heterocycles. The largest absolute Gasteiger partial charge is 0.462 e. The average molecular weight is 349 g/mol. The van der Waals surface area contributed by atoms with E-state index in [1.807, 2.05) is 0 Å². The highest BCUT2D eigenvalue weighted by atomic mass is 32.2. The maximum atomic E-state index is 12.9. The molecule has 1 fully saturated rings. The number of fused-ring (bicyclic) bond motifs is 1. The monoisotopic (exact) mass is 349 g/mol. The fraction of sp³-hybridized carbons (Fsp3) is 0.500. The lowest BCUT2D eigenvalue weighted by Crippen LogP contribution is -2.30. The van der Waals surface area contributed by atoms with E-state index in [2.05, 4.69) is 9.97 Å². The van der Waals surface area contributed by atoms with Gasteiger partial charge >= 0.3 is 5.97 Å². The van der Waals surface area contributed by atoms with E-state index in [-0.39, 0.29) is 23.4 Å². The Bertz CT molecular complexity index is 871. The van der Waals surface area contributed by atoms with Gasteiger partial charge in [-0.2, -0.15) is 0 Å². The van der Waals surface area contributed by atoms with Crippen LogP contribution in [0.15, 0.2) is 22.2 Å². The highest BCUT2D eigenvalue weighted by Gasteiger charge is 2.25. The predicted molar refractivity (Wildman–Crippen MR) is 89.6 cm³/mol. The van der Waals surface area contributed by atoms with E-state index < -0.39 is 22.3 Å². The highest BCUT2D eigenvalue weighted by Crippen LogP contribution is 2.30. The predicted octanol–water partition coefficient (Wildman–Crippen LogP) is 1.82. The SMILES string of the molecule is CCOC(=O)c1cc2cnc(S(C)=O)nc2n(C2CCCC2)c1=O. The normalized spacial score (nSPS) is 16.4. The Balaban J connectivity index is 2.28. The zero-order chi connectivity index (χ0) is 17.3. The van der Waals surface area contributed by atoms with Crippen LogP contribution in [0.25, 0.3) is 11.0 Å². The number of aromatic nitrogens is 3. The molecular formula is C16H19N3O4S. The van der Waals surface area contributed by atoms with Crippen molar-refractivity contribution in [2.24, 2.45) is 0 Å². The van der Waals surface area contributed by atoms with Crippen molar-refractivity contribution in [1.29, 1.82) is 0 Å². The Morgan fingerprint density at radius 2 is 2.12 bits per heavy atom. The van der Waals surface area contributed by atoms with Gasteiger partial charge in [-0.3, -0.25) is 13.6 Å². The summed E-state index contributed by atoms with van der Waals surface area (Å²) in [6, 6.07) is 1.45. The summed E-state index contributed by atoms with van der Waals surface area (Å²) >= 11 is 0. The first-order chi connectivity index (χ1) is 11.5. The molecule has 1 atom stereocenters. The minimum atomic E-state index is -1.35. The Morgan fingerprint density at radius 1 is 1.42 bits per heavy atom. The molecule has 1 aliphatic carbocycles. The third-order valence-electron chi connectivity index (χ3n) is 4.19. The van der Waals surface area contributed by atoms with E-state index in [0.29, 0.717) is 11.0 Å². The van der Waals surface area contributed by atoms with Crippen LogP contribution < -0.4 is 5.56 Å². The Morgan fingerprint density at radius 3 is 2.75 bits per heavy atom. The second-order valence-corrected chi connectivity index (χ2v) is 7.05. The molecule has 0 bridgehead atoms. The first kappa shape index (κ1) is 16.8. The summed E-state index contributed by atoms with van der Waals surface area (Å²) < 4.78 is 18.2. The first-order valence-electron chi connectivity index (χ1n) is 7.95. The van der Waals surface area contributed by atoms with Crippen molar-refractivity contribution < 1.29 is 13.7 Å². The van der Waals surface area contributed by atoms with Crippen LogP contribution in [0.1, 0.15) is 49.0 Å². The van der Waals surface area contributed by atoms with Gasteiger partial charge in [0.2, 0.25) is 5.16 Å². The van der Waals surface area contributed by atoms with E-state index in [1.165, 1.54) is 18.5 Å². The molecule has 0 N–H and O–H groups in total. The zero-order valence-corrected chi connectivity index (χ0v) is 14.5. The number of rotatable bonds is 4. The lowest BCUT2D eigenvalue weighted by atomic mass is 10.1. The van der Waals surface area contributed by atoms with Gasteiger partial charge in [0, 0.05) is 23.9 Å². The van der Waals surface area contributed by atoms with E-state index >= 15 is 0 Å². The van der Waals surface area contributed by atoms with Gasteiger partial charge in [0.25, 0.3) is 5.56 Å². The van der Waals surface area contributed by atoms with Gasteiger partial charge in [-0.05, 0) is 25.8 Å². The summed E-state index contributed by atoms with van der Waals surface area (Å²) in [5.41, 5.74) is 0.0183. The zero-order valence-electron chi connectivity index (χ0n) is 13.7. The third-order valence-corrected chi connectivity index (χ3v) is 4.90. The summed E-state index contributed by atoms with van der Waals surface area (Å²) in [6.07, 6.45) is 6.77. The van der Waals surface area contributed by atoms with Gasteiger partial charge in [0.1, 0.15) is 11.2 Å². The van der Waals surface area contributed by atoms with Gasteiger partial charge in [-0.1, -0.05) is 12.8 Å². The smallest absolute Gasteiger partial charge is 0.343 e. The molecular weight excluding hydrogens is 330 g/mol. The Kier molecular flexibility index (Phi) is 4.75. The Hall–Kier alpha value is -2.09. The summed E-state index contributed by atoms with van der Waals surface area (Å²) in [5.74, 6) is -0.640. The number of hydrogen-bond donors (Lipinski definition) is 0. The first-order valence-corrected chi connectivity index (χ1v) is 9.51. The molecule has 2 aromatic rings. The van der Waals surface area contributed by atoms with Crippen LogP contribution in [0.3, 0.4) is 0 Å². The van der Waals surface area contributed by atoms with Crippen LogP contribution in [0.5, 0.6) is 0 Å². The van der Waals surface area contributed by atoms with Crippen molar-refractivity contribution in [2.75, 3.05) is 12.9 Å². The molecule has 0 aromatic carbocycles. The van der Waals surface area contributed by atoms with Gasteiger partial charge in [-0.25, -0.2) is 14.8 Å². The van der Waals surface area contributed by atoms with Crippen molar-refractivity contribution in [3.8, 4) is 0 Å². The molecule has 0 radical (unpaired) electrons. The van der Waals surface area contributed by atoms with Crippen LogP contribution in [-0.4, -0.2) is 37.6 Å². The molecule has 3 rings (SSSR count). The molecule has 0 aliphatic heterocycles. The second kappa shape index (κ2) is 6.80. The van der Waals surface area contributed by atoms with Crippen molar-refractivity contribution >= 4 is 27.8 Å². The van der Waals surface area contributed by atoms with Crippen molar-refractivity contribution in [3.63, 3.8) is 0 Å². The molecule has 128 valence electrons. The minimum Gasteiger partial charge on any atom is -0.462 e. The van der Waals surface area contributed by atoms with Gasteiger partial charge in [0.15, 0.2) is 0 Å². The van der Waals surface area contributed by atoms with Crippen molar-refractivity contribution in [2.45, 2.75) is 43.8 Å². The summed E-state index contributed by atoms with van der Waals surface area (Å²) in [4.78, 5) is 33.4. The molecule has 24 heavy (non-hydrogen) atoms. The second-order valence-electron chi connectivity index (χ2n) is 5.78. The number of ether oxygens (including phenoxy) is 1. The molecule has 2 aromatic heterocycles. The number of nitrogens with zero attached hydrogens (tertiary/aromatic N) is 3. The van der Waals surface area contributed by atoms with Crippen LogP contribution in [0, 0.1) is 0 Å². The summed E-state index contributed by atoms with van der Waals surface area (Å²) in [6.45, 7) is 1.89. The fourth-order valence-corrected chi connectivity index (χ4v) is 3.52. The fourth-order valence-electron chi connectivity index (χ4n) is 3.10. The minimum absolute atomic E-state index is 0.00905. The lowest BCUT2D eigenvalue weighted by molar-refractivity contribution is 0.0523.